The molecule has 3 aromatic heterocycles. The van der Waals surface area contributed by atoms with Gasteiger partial charge in [-0.05, 0) is 88.6 Å². The molecule has 0 saturated carbocycles. The molecule has 0 aliphatic carbocycles. The van der Waals surface area contributed by atoms with Crippen LogP contribution in [0.25, 0.3) is 21.1 Å². The third-order valence-electron chi connectivity index (χ3n) is 10.9. The van der Waals surface area contributed by atoms with Crippen LogP contribution in [0.2, 0.25) is 0 Å². The minimum absolute atomic E-state index is 0.100. The Hall–Kier alpha value is -3.29. The summed E-state index contributed by atoms with van der Waals surface area (Å²) in [6.07, 6.45) is -0.492. The second kappa shape index (κ2) is 13.1. The van der Waals surface area contributed by atoms with Crippen LogP contribution in [-0.2, 0) is 29.5 Å². The predicted molar refractivity (Wildman–Crippen MR) is 185 cm³/mol. The average molecular weight is 715 g/mol. The van der Waals surface area contributed by atoms with E-state index in [0.717, 1.165) is 80.2 Å². The van der Waals surface area contributed by atoms with Gasteiger partial charge in [0.15, 0.2) is 0 Å². The molecular weight excluding hydrogens is 674 g/mol. The third kappa shape index (κ3) is 6.90. The number of aromatic nitrogens is 3. The van der Waals surface area contributed by atoms with Gasteiger partial charge in [0.25, 0.3) is 0 Å². The number of nitrogens with one attached hydrogen (secondary N) is 1. The average Bonchev–Trinajstić information content (AvgIpc) is 3.86. The number of aryl methyl sites for hydroxylation is 1. The fraction of sp³-hybridized carbons (Fsp3) is 0.559. The maximum atomic E-state index is 13.1. The van der Waals surface area contributed by atoms with E-state index in [2.05, 4.69) is 59.1 Å². The Bertz CT molecular complexity index is 2010. The number of hydrogen-bond acceptors (Lipinski definition) is 9. The van der Waals surface area contributed by atoms with Crippen LogP contribution in [0.4, 0.5) is 19.0 Å². The van der Waals surface area contributed by atoms with E-state index >= 15 is 0 Å². The van der Waals surface area contributed by atoms with E-state index in [1.807, 2.05) is 6.07 Å². The number of hydrogen-bond donors (Lipinski definition) is 1. The maximum Gasteiger partial charge on any atom is 0.393 e. The van der Waals surface area contributed by atoms with Gasteiger partial charge >= 0.3 is 6.18 Å². The number of likely N-dealkylation sites (tertiary alicyclic amines) is 2. The molecule has 3 saturated heterocycles. The first-order chi connectivity index (χ1) is 23.4. The Morgan fingerprint density at radius 3 is 2.55 bits per heavy atom. The SMILES string of the molecule is CNS(=O)(=O)C1CCN(CCn2c(C#N)cc3c(C)c(CN4CCC5(CCN(c6ncnc7sc(CC(F)(F)F)cc67)C5)C4)ccc32)CC1. The number of anilines is 1. The molecular formula is C34H41F3N8O2S2. The van der Waals surface area contributed by atoms with Crippen molar-refractivity contribution in [3.8, 4) is 6.07 Å². The van der Waals surface area contributed by atoms with Crippen molar-refractivity contribution in [1.29, 1.82) is 5.26 Å². The first kappa shape index (κ1) is 34.2. The number of piperidine rings is 1. The van der Waals surface area contributed by atoms with Crippen molar-refractivity contribution in [2.24, 2.45) is 5.41 Å². The third-order valence-corrected chi connectivity index (χ3v) is 13.8. The van der Waals surface area contributed by atoms with Crippen molar-refractivity contribution in [2.45, 2.75) is 63.5 Å². The summed E-state index contributed by atoms with van der Waals surface area (Å²) in [5.74, 6) is 0.732. The predicted octanol–water partition coefficient (Wildman–Crippen LogP) is 5.05. The van der Waals surface area contributed by atoms with Crippen LogP contribution in [0.1, 0.15) is 47.4 Å². The topological polar surface area (TPSA) is 110 Å². The Morgan fingerprint density at radius 2 is 1.82 bits per heavy atom. The van der Waals surface area contributed by atoms with Gasteiger partial charge in [0, 0.05) is 60.5 Å². The molecule has 3 aliphatic rings. The molecule has 15 heteroatoms. The molecule has 1 atom stereocenters. The largest absolute Gasteiger partial charge is 0.393 e. The zero-order chi connectivity index (χ0) is 34.6. The van der Waals surface area contributed by atoms with Crippen LogP contribution in [0.5, 0.6) is 0 Å². The summed E-state index contributed by atoms with van der Waals surface area (Å²) in [6, 6.07) is 10.3. The minimum Gasteiger partial charge on any atom is -0.355 e. The molecule has 0 amide bonds. The van der Waals surface area contributed by atoms with E-state index in [0.29, 0.717) is 48.4 Å². The van der Waals surface area contributed by atoms with Crippen molar-refractivity contribution >= 4 is 48.3 Å². The van der Waals surface area contributed by atoms with Crippen molar-refractivity contribution in [3.05, 3.63) is 52.3 Å². The Balaban J connectivity index is 1.00. The van der Waals surface area contributed by atoms with Crippen LogP contribution in [0.3, 0.4) is 0 Å². The molecule has 10 nitrogen and oxygen atoms in total. The summed E-state index contributed by atoms with van der Waals surface area (Å²) in [4.78, 5) is 16.7. The monoisotopic (exact) mass is 714 g/mol. The summed E-state index contributed by atoms with van der Waals surface area (Å²) in [7, 11) is -1.79. The number of sulfonamides is 1. The molecule has 1 unspecified atom stereocenters. The second-order valence-electron chi connectivity index (χ2n) is 13.9. The zero-order valence-corrected chi connectivity index (χ0v) is 29.4. The summed E-state index contributed by atoms with van der Waals surface area (Å²) in [5.41, 5.74) is 4.18. The molecule has 49 heavy (non-hydrogen) atoms. The van der Waals surface area contributed by atoms with Crippen molar-refractivity contribution in [2.75, 3.05) is 57.8 Å². The summed E-state index contributed by atoms with van der Waals surface area (Å²) < 4.78 is 68.2. The quantitative estimate of drug-likeness (QED) is 0.257. The highest BCUT2D eigenvalue weighted by Crippen LogP contribution is 2.43. The number of rotatable bonds is 9. The number of halogens is 3. The van der Waals surface area contributed by atoms with Crippen LogP contribution >= 0.6 is 11.3 Å². The summed E-state index contributed by atoms with van der Waals surface area (Å²) in [5, 5.41) is 11.4. The normalized spacial score (nSPS) is 21.5. The molecule has 262 valence electrons. The van der Waals surface area contributed by atoms with E-state index in [1.165, 1.54) is 24.5 Å². The first-order valence-electron chi connectivity index (χ1n) is 16.8. The lowest BCUT2D eigenvalue weighted by Crippen LogP contribution is -2.43. The summed E-state index contributed by atoms with van der Waals surface area (Å²) in [6.45, 7) is 9.31. The highest BCUT2D eigenvalue weighted by atomic mass is 32.2. The molecule has 4 aromatic rings. The maximum absolute atomic E-state index is 13.1. The summed E-state index contributed by atoms with van der Waals surface area (Å²) >= 11 is 1.09. The van der Waals surface area contributed by atoms with Gasteiger partial charge in [0.2, 0.25) is 10.0 Å². The van der Waals surface area contributed by atoms with Gasteiger partial charge in [0.1, 0.15) is 28.7 Å². The van der Waals surface area contributed by atoms with Crippen molar-refractivity contribution in [1.82, 2.24) is 29.1 Å². The molecule has 3 fully saturated rings. The lowest BCUT2D eigenvalue weighted by Gasteiger charge is -2.31. The van der Waals surface area contributed by atoms with Gasteiger partial charge in [-0.2, -0.15) is 18.4 Å². The number of nitriles is 1. The molecule has 6 heterocycles. The van der Waals surface area contributed by atoms with E-state index in [4.69, 9.17) is 0 Å². The van der Waals surface area contributed by atoms with Gasteiger partial charge < -0.3 is 14.4 Å². The number of thiophene rings is 1. The van der Waals surface area contributed by atoms with E-state index in [9.17, 15) is 26.9 Å². The van der Waals surface area contributed by atoms with Gasteiger partial charge in [-0.3, -0.25) is 4.90 Å². The molecule has 1 spiro atoms. The molecule has 3 aliphatic heterocycles. The first-order valence-corrected chi connectivity index (χ1v) is 19.2. The molecule has 1 aromatic carbocycles. The fourth-order valence-corrected chi connectivity index (χ4v) is 10.3. The zero-order valence-electron chi connectivity index (χ0n) is 27.8. The van der Waals surface area contributed by atoms with Gasteiger partial charge in [-0.25, -0.2) is 23.1 Å². The number of benzene rings is 1. The number of nitrogens with zero attached hydrogens (tertiary/aromatic N) is 7. The van der Waals surface area contributed by atoms with Crippen LogP contribution in [0.15, 0.2) is 30.6 Å². The smallest absolute Gasteiger partial charge is 0.355 e. The van der Waals surface area contributed by atoms with Gasteiger partial charge in [0.05, 0.1) is 17.1 Å². The number of alkyl halides is 3. The van der Waals surface area contributed by atoms with Crippen LogP contribution in [0, 0.1) is 23.7 Å². The lowest BCUT2D eigenvalue weighted by molar-refractivity contribution is -0.126. The second-order valence-corrected chi connectivity index (χ2v) is 17.2. The Morgan fingerprint density at radius 1 is 1.04 bits per heavy atom. The van der Waals surface area contributed by atoms with Crippen LogP contribution in [-0.4, -0.2) is 97.0 Å². The van der Waals surface area contributed by atoms with E-state index in [1.54, 1.807) is 6.07 Å². The van der Waals surface area contributed by atoms with Crippen molar-refractivity contribution in [3.63, 3.8) is 0 Å². The Labute approximate surface area is 288 Å². The van der Waals surface area contributed by atoms with Crippen LogP contribution < -0.4 is 9.62 Å². The van der Waals surface area contributed by atoms with E-state index < -0.39 is 22.6 Å². The standard InChI is InChI=1S/C34H41F3N8O2S2/c1-23-24(3-4-30-28(23)15-25(18-38)45(30)14-13-42-9-5-27(6-10-42)49(46,47)39-2)19-43-11-7-33(20-43)8-12-44(21-33)31-29-16-26(17-34(35,36)37)48-32(29)41-22-40-31/h3-4,15-16,22,27,39H,5-14,17,19-21H2,1-2H3. The molecule has 1 N–H and O–H groups in total. The Kier molecular flexibility index (Phi) is 9.15. The highest BCUT2D eigenvalue weighted by molar-refractivity contribution is 7.90. The van der Waals surface area contributed by atoms with Gasteiger partial charge in [-0.15, -0.1) is 11.3 Å². The highest BCUT2D eigenvalue weighted by Gasteiger charge is 2.44. The fourth-order valence-electron chi connectivity index (χ4n) is 8.16. The molecule has 7 rings (SSSR count). The minimum atomic E-state index is -4.26. The van der Waals surface area contributed by atoms with Crippen molar-refractivity contribution < 1.29 is 21.6 Å². The lowest BCUT2D eigenvalue weighted by atomic mass is 9.86. The molecule has 0 radical (unpaired) electrons. The molecule has 0 bridgehead atoms. The van der Waals surface area contributed by atoms with E-state index in [-0.39, 0.29) is 15.5 Å². The number of fused-ring (bicyclic) bond motifs is 2. The van der Waals surface area contributed by atoms with Gasteiger partial charge in [-0.1, -0.05) is 6.07 Å².